The summed E-state index contributed by atoms with van der Waals surface area (Å²) in [5.74, 6) is 1.98. The number of fused-ring (bicyclic) bond motifs is 1. The molecule has 4 rings (SSSR count). The second-order valence-corrected chi connectivity index (χ2v) is 8.29. The predicted octanol–water partition coefficient (Wildman–Crippen LogP) is 3.65. The Hall–Kier alpha value is -2.34. The second-order valence-electron chi connectivity index (χ2n) is 8.29. The van der Waals surface area contributed by atoms with Crippen molar-refractivity contribution in [2.75, 3.05) is 17.7 Å². The Kier molecular flexibility index (Phi) is 4.68. The Morgan fingerprint density at radius 1 is 1.11 bits per heavy atom. The number of ether oxygens (including phenoxy) is 1. The van der Waals surface area contributed by atoms with Crippen LogP contribution < -0.4 is 15.8 Å². The van der Waals surface area contributed by atoms with Gasteiger partial charge in [-0.1, -0.05) is 24.3 Å². The number of nitrogen functional groups attached to an aromatic ring is 1. The van der Waals surface area contributed by atoms with Crippen LogP contribution in [0.1, 0.15) is 62.6 Å². The number of aliphatic hydroxyl groups excluding tert-OH is 1. The maximum Gasteiger partial charge on any atom is 0.243 e. The lowest BCUT2D eigenvalue weighted by Gasteiger charge is -2.40. The Morgan fingerprint density at radius 2 is 1.78 bits per heavy atom. The molecule has 4 N–H and O–H groups in total. The van der Waals surface area contributed by atoms with Crippen LogP contribution >= 0.6 is 0 Å². The van der Waals surface area contributed by atoms with Crippen LogP contribution in [0.5, 0.6) is 5.88 Å². The minimum atomic E-state index is -0.464. The Balaban J connectivity index is 1.54. The molecule has 1 aliphatic heterocycles. The van der Waals surface area contributed by atoms with Crippen LogP contribution in [0.2, 0.25) is 0 Å². The van der Waals surface area contributed by atoms with Crippen LogP contribution in [0.15, 0.2) is 30.6 Å². The third-order valence-corrected chi connectivity index (χ3v) is 6.03. The second kappa shape index (κ2) is 7.00. The fourth-order valence-corrected chi connectivity index (χ4v) is 4.35. The predicted molar refractivity (Wildman–Crippen MR) is 106 cm³/mol. The van der Waals surface area contributed by atoms with E-state index < -0.39 is 5.60 Å². The van der Waals surface area contributed by atoms with Gasteiger partial charge in [0.25, 0.3) is 0 Å². The number of aliphatic hydroxyl groups is 1. The largest absolute Gasteiger partial charge is 0.467 e. The van der Waals surface area contributed by atoms with Gasteiger partial charge in [0.15, 0.2) is 5.82 Å². The molecule has 6 heteroatoms. The van der Waals surface area contributed by atoms with Gasteiger partial charge in [0.2, 0.25) is 5.88 Å². The molecule has 27 heavy (non-hydrogen) atoms. The molecule has 0 amide bonds. The minimum Gasteiger partial charge on any atom is -0.467 e. The van der Waals surface area contributed by atoms with E-state index in [4.69, 9.17) is 10.5 Å². The minimum absolute atomic E-state index is 0.0440. The van der Waals surface area contributed by atoms with Crippen molar-refractivity contribution in [1.82, 2.24) is 9.97 Å². The van der Waals surface area contributed by atoms with E-state index in [9.17, 15) is 5.11 Å². The van der Waals surface area contributed by atoms with Crippen molar-refractivity contribution < 1.29 is 9.84 Å². The van der Waals surface area contributed by atoms with Crippen molar-refractivity contribution in [1.29, 1.82) is 0 Å². The molecule has 1 aromatic heterocycles. The van der Waals surface area contributed by atoms with E-state index >= 15 is 0 Å². The maximum atomic E-state index is 9.33. The van der Waals surface area contributed by atoms with E-state index in [0.29, 0.717) is 35.8 Å². The smallest absolute Gasteiger partial charge is 0.243 e. The van der Waals surface area contributed by atoms with Gasteiger partial charge in [-0.15, -0.1) is 0 Å². The normalized spacial score (nSPS) is 26.6. The molecule has 2 aliphatic rings. The van der Waals surface area contributed by atoms with Gasteiger partial charge in [0.1, 0.15) is 17.6 Å². The fourth-order valence-electron chi connectivity index (χ4n) is 4.35. The SMILES string of the molecule is CC1(C)Oc2ncnc(N)c2NC1c1ccc(C2CCC(CO)CC2)cc1. The molecule has 2 heterocycles. The van der Waals surface area contributed by atoms with Crippen molar-refractivity contribution in [2.24, 2.45) is 5.92 Å². The first-order chi connectivity index (χ1) is 13.0. The Labute approximate surface area is 160 Å². The molecular formula is C21H28N4O2. The molecule has 0 spiro atoms. The summed E-state index contributed by atoms with van der Waals surface area (Å²) in [5.41, 5.74) is 8.74. The Morgan fingerprint density at radius 3 is 2.44 bits per heavy atom. The van der Waals surface area contributed by atoms with Gasteiger partial charge in [0, 0.05) is 6.61 Å². The average molecular weight is 368 g/mol. The number of nitrogens with two attached hydrogens (primary N) is 1. The summed E-state index contributed by atoms with van der Waals surface area (Å²) in [6.07, 6.45) is 5.96. The highest BCUT2D eigenvalue weighted by molar-refractivity contribution is 5.69. The lowest BCUT2D eigenvalue weighted by Crippen LogP contribution is -2.44. The van der Waals surface area contributed by atoms with Gasteiger partial charge in [0.05, 0.1) is 6.04 Å². The van der Waals surface area contributed by atoms with Crippen LogP contribution in [0.4, 0.5) is 11.5 Å². The molecule has 1 aromatic carbocycles. The number of anilines is 2. The first kappa shape index (κ1) is 18.0. The fraction of sp³-hybridized carbons (Fsp3) is 0.524. The number of rotatable bonds is 3. The number of hydrogen-bond donors (Lipinski definition) is 3. The number of aromatic nitrogens is 2. The van der Waals surface area contributed by atoms with Crippen LogP contribution in [0.25, 0.3) is 0 Å². The van der Waals surface area contributed by atoms with Crippen LogP contribution in [0, 0.1) is 5.92 Å². The third-order valence-electron chi connectivity index (χ3n) is 6.03. The average Bonchev–Trinajstić information content (AvgIpc) is 2.67. The van der Waals surface area contributed by atoms with Crippen LogP contribution in [0.3, 0.4) is 0 Å². The van der Waals surface area contributed by atoms with Crippen LogP contribution in [-0.4, -0.2) is 27.3 Å². The van der Waals surface area contributed by atoms with Gasteiger partial charge in [-0.05, 0) is 62.5 Å². The number of nitrogens with one attached hydrogen (secondary N) is 1. The van der Waals surface area contributed by atoms with E-state index in [-0.39, 0.29) is 6.04 Å². The number of hydrogen-bond acceptors (Lipinski definition) is 6. The highest BCUT2D eigenvalue weighted by atomic mass is 16.5. The summed E-state index contributed by atoms with van der Waals surface area (Å²) in [5, 5.41) is 12.8. The highest BCUT2D eigenvalue weighted by Crippen LogP contribution is 2.43. The van der Waals surface area contributed by atoms with Gasteiger partial charge in [-0.2, -0.15) is 4.98 Å². The van der Waals surface area contributed by atoms with Crippen molar-refractivity contribution >= 4 is 11.5 Å². The summed E-state index contributed by atoms with van der Waals surface area (Å²) in [7, 11) is 0. The van der Waals surface area contributed by atoms with Gasteiger partial charge in [-0.3, -0.25) is 0 Å². The molecule has 1 unspecified atom stereocenters. The molecule has 1 saturated carbocycles. The van der Waals surface area contributed by atoms with E-state index in [1.54, 1.807) is 0 Å². The quantitative estimate of drug-likeness (QED) is 0.766. The molecule has 1 atom stereocenters. The van der Waals surface area contributed by atoms with Gasteiger partial charge in [-0.25, -0.2) is 4.98 Å². The molecule has 2 aromatic rings. The summed E-state index contributed by atoms with van der Waals surface area (Å²) in [6.45, 7) is 4.42. The summed E-state index contributed by atoms with van der Waals surface area (Å²) in [6, 6.07) is 8.79. The van der Waals surface area contributed by atoms with Crippen LogP contribution in [-0.2, 0) is 0 Å². The standard InChI is InChI=1S/C21H28N4O2/c1-21(2)18(25-17-19(22)23-12-24-20(17)27-21)16-9-7-15(8-10-16)14-5-3-13(11-26)4-6-14/h7-10,12-14,18,25-26H,3-6,11H2,1-2H3,(H2,22,23,24). The zero-order chi connectivity index (χ0) is 19.0. The molecule has 0 radical (unpaired) electrons. The summed E-state index contributed by atoms with van der Waals surface area (Å²) in [4.78, 5) is 8.26. The molecule has 6 nitrogen and oxygen atoms in total. The molecule has 1 aliphatic carbocycles. The van der Waals surface area contributed by atoms with Crippen molar-refractivity contribution in [2.45, 2.75) is 57.1 Å². The molecule has 1 fully saturated rings. The summed E-state index contributed by atoms with van der Waals surface area (Å²) < 4.78 is 6.12. The lowest BCUT2D eigenvalue weighted by atomic mass is 9.78. The first-order valence-corrected chi connectivity index (χ1v) is 9.74. The van der Waals surface area contributed by atoms with E-state index in [0.717, 1.165) is 31.2 Å². The summed E-state index contributed by atoms with van der Waals surface area (Å²) >= 11 is 0. The van der Waals surface area contributed by atoms with E-state index in [1.807, 2.05) is 0 Å². The highest BCUT2D eigenvalue weighted by Gasteiger charge is 2.39. The zero-order valence-electron chi connectivity index (χ0n) is 16.0. The number of benzene rings is 1. The maximum absolute atomic E-state index is 9.33. The first-order valence-electron chi connectivity index (χ1n) is 9.74. The topological polar surface area (TPSA) is 93.3 Å². The molecule has 0 saturated heterocycles. The van der Waals surface area contributed by atoms with Crippen molar-refractivity contribution in [3.63, 3.8) is 0 Å². The van der Waals surface area contributed by atoms with Gasteiger partial charge >= 0.3 is 0 Å². The Bertz CT molecular complexity index is 798. The molecule has 144 valence electrons. The third kappa shape index (κ3) is 3.46. The number of nitrogens with zero attached hydrogens (tertiary/aromatic N) is 2. The monoisotopic (exact) mass is 368 g/mol. The molecule has 0 bridgehead atoms. The zero-order valence-corrected chi connectivity index (χ0v) is 16.0. The van der Waals surface area contributed by atoms with E-state index in [2.05, 4.69) is 53.4 Å². The van der Waals surface area contributed by atoms with Crippen molar-refractivity contribution in [3.05, 3.63) is 41.7 Å². The lowest BCUT2D eigenvalue weighted by molar-refractivity contribution is 0.0722. The van der Waals surface area contributed by atoms with Gasteiger partial charge < -0.3 is 20.9 Å². The van der Waals surface area contributed by atoms with E-state index in [1.165, 1.54) is 11.9 Å². The molecular weight excluding hydrogens is 340 g/mol. The van der Waals surface area contributed by atoms with Crippen molar-refractivity contribution in [3.8, 4) is 5.88 Å².